The molecule has 0 atom stereocenters. The van der Waals surface area contributed by atoms with Gasteiger partial charge in [0, 0.05) is 18.1 Å². The number of benzene rings is 1. The van der Waals surface area contributed by atoms with Crippen LogP contribution in [0.3, 0.4) is 0 Å². The van der Waals surface area contributed by atoms with Crippen molar-refractivity contribution in [1.29, 1.82) is 0 Å². The SMILES string of the molecule is Cl.Cl.NCC(=O)NCC1CCN(Cc2ccc(Cl)cc2)CC1. The van der Waals surface area contributed by atoms with Gasteiger partial charge in [-0.2, -0.15) is 0 Å². The monoisotopic (exact) mass is 367 g/mol. The van der Waals surface area contributed by atoms with Gasteiger partial charge in [-0.05, 0) is 49.5 Å². The van der Waals surface area contributed by atoms with Crippen LogP contribution in [0.2, 0.25) is 5.02 Å². The fourth-order valence-corrected chi connectivity index (χ4v) is 2.65. The summed E-state index contributed by atoms with van der Waals surface area (Å²) in [5.74, 6) is 0.514. The lowest BCUT2D eigenvalue weighted by atomic mass is 9.96. The third-order valence-electron chi connectivity index (χ3n) is 3.80. The number of halogens is 3. The Hall–Kier alpha value is -0.520. The van der Waals surface area contributed by atoms with Crippen LogP contribution in [0.1, 0.15) is 18.4 Å². The van der Waals surface area contributed by atoms with Crippen LogP contribution in [0, 0.1) is 5.92 Å². The number of hydrogen-bond acceptors (Lipinski definition) is 3. The molecule has 3 N–H and O–H groups in total. The molecule has 1 fully saturated rings. The summed E-state index contributed by atoms with van der Waals surface area (Å²) >= 11 is 5.89. The van der Waals surface area contributed by atoms with Crippen molar-refractivity contribution < 1.29 is 4.79 Å². The molecule has 0 aromatic heterocycles. The predicted octanol–water partition coefficient (Wildman–Crippen LogP) is 2.47. The van der Waals surface area contributed by atoms with Crippen molar-refractivity contribution in [2.75, 3.05) is 26.2 Å². The molecule has 1 heterocycles. The van der Waals surface area contributed by atoms with Gasteiger partial charge in [0.05, 0.1) is 6.54 Å². The molecular weight excluding hydrogens is 345 g/mol. The summed E-state index contributed by atoms with van der Waals surface area (Å²) in [6, 6.07) is 8.03. The van der Waals surface area contributed by atoms with Gasteiger partial charge in [0.2, 0.25) is 5.91 Å². The Morgan fingerprint density at radius 2 is 1.82 bits per heavy atom. The number of nitrogens with one attached hydrogen (secondary N) is 1. The number of carbonyl (C=O) groups excluding carboxylic acids is 1. The number of likely N-dealkylation sites (tertiary alicyclic amines) is 1. The number of nitrogens with zero attached hydrogens (tertiary/aromatic N) is 1. The van der Waals surface area contributed by atoms with E-state index in [1.165, 1.54) is 5.56 Å². The first-order valence-electron chi connectivity index (χ1n) is 7.11. The molecule has 1 amide bonds. The Bertz CT molecular complexity index is 434. The highest BCUT2D eigenvalue weighted by molar-refractivity contribution is 6.30. The summed E-state index contributed by atoms with van der Waals surface area (Å²) in [6.45, 7) is 3.96. The zero-order valence-corrected chi connectivity index (χ0v) is 14.9. The molecule has 4 nitrogen and oxygen atoms in total. The second-order valence-corrected chi connectivity index (χ2v) is 5.79. The van der Waals surface area contributed by atoms with Gasteiger partial charge in [-0.3, -0.25) is 9.69 Å². The van der Waals surface area contributed by atoms with Crippen molar-refractivity contribution >= 4 is 42.3 Å². The summed E-state index contributed by atoms with van der Waals surface area (Å²) in [5, 5.41) is 3.66. The summed E-state index contributed by atoms with van der Waals surface area (Å²) < 4.78 is 0. The Labute approximate surface area is 149 Å². The maximum absolute atomic E-state index is 11.1. The van der Waals surface area contributed by atoms with E-state index < -0.39 is 0 Å². The fourth-order valence-electron chi connectivity index (χ4n) is 2.53. The molecule has 0 aliphatic carbocycles. The summed E-state index contributed by atoms with van der Waals surface area (Å²) in [5.41, 5.74) is 6.57. The van der Waals surface area contributed by atoms with Gasteiger partial charge in [0.1, 0.15) is 0 Å². The first kappa shape index (κ1) is 21.5. The van der Waals surface area contributed by atoms with E-state index in [9.17, 15) is 4.79 Å². The van der Waals surface area contributed by atoms with E-state index in [-0.39, 0.29) is 37.3 Å². The third kappa shape index (κ3) is 7.16. The molecule has 0 bridgehead atoms. The molecule has 0 saturated carbocycles. The van der Waals surface area contributed by atoms with E-state index in [0.717, 1.165) is 44.0 Å². The Balaban J connectivity index is 0.00000220. The van der Waals surface area contributed by atoms with Gasteiger partial charge >= 0.3 is 0 Å². The number of nitrogens with two attached hydrogens (primary N) is 1. The van der Waals surface area contributed by atoms with Crippen LogP contribution in [0.4, 0.5) is 0 Å². The second-order valence-electron chi connectivity index (χ2n) is 5.35. The van der Waals surface area contributed by atoms with Crippen molar-refractivity contribution in [3.8, 4) is 0 Å². The minimum absolute atomic E-state index is 0. The van der Waals surface area contributed by atoms with Crippen LogP contribution < -0.4 is 11.1 Å². The van der Waals surface area contributed by atoms with Crippen molar-refractivity contribution in [2.24, 2.45) is 11.7 Å². The molecular formula is C15H24Cl3N3O. The van der Waals surface area contributed by atoms with Gasteiger partial charge < -0.3 is 11.1 Å². The molecule has 126 valence electrons. The van der Waals surface area contributed by atoms with E-state index in [4.69, 9.17) is 17.3 Å². The summed E-state index contributed by atoms with van der Waals surface area (Å²) in [7, 11) is 0. The van der Waals surface area contributed by atoms with E-state index in [0.29, 0.717) is 5.92 Å². The normalized spacial score (nSPS) is 15.5. The molecule has 1 aromatic carbocycles. The van der Waals surface area contributed by atoms with Gasteiger partial charge in [-0.25, -0.2) is 0 Å². The average molecular weight is 369 g/mol. The van der Waals surface area contributed by atoms with Gasteiger partial charge in [-0.15, -0.1) is 24.8 Å². The predicted molar refractivity (Wildman–Crippen MR) is 96.0 cm³/mol. The quantitative estimate of drug-likeness (QED) is 0.839. The van der Waals surface area contributed by atoms with Crippen LogP contribution in [-0.4, -0.2) is 37.0 Å². The summed E-state index contributed by atoms with van der Waals surface area (Å²) in [4.78, 5) is 13.6. The van der Waals surface area contributed by atoms with Crippen molar-refractivity contribution in [3.63, 3.8) is 0 Å². The standard InChI is InChI=1S/C15H22ClN3O.2ClH/c16-14-3-1-13(2-4-14)11-19-7-5-12(6-8-19)10-18-15(20)9-17;;/h1-4,12H,5-11,17H2,(H,18,20);2*1H. The molecule has 0 radical (unpaired) electrons. The zero-order valence-electron chi connectivity index (χ0n) is 12.5. The highest BCUT2D eigenvalue weighted by atomic mass is 35.5. The zero-order chi connectivity index (χ0) is 14.4. The number of piperidine rings is 1. The number of carbonyl (C=O) groups is 1. The highest BCUT2D eigenvalue weighted by Crippen LogP contribution is 2.19. The fraction of sp³-hybridized carbons (Fsp3) is 0.533. The minimum Gasteiger partial charge on any atom is -0.355 e. The average Bonchev–Trinajstić information content (AvgIpc) is 2.48. The van der Waals surface area contributed by atoms with Crippen molar-refractivity contribution in [1.82, 2.24) is 10.2 Å². The van der Waals surface area contributed by atoms with E-state index in [1.807, 2.05) is 12.1 Å². The Morgan fingerprint density at radius 1 is 1.23 bits per heavy atom. The largest absolute Gasteiger partial charge is 0.355 e. The molecule has 1 saturated heterocycles. The van der Waals surface area contributed by atoms with Crippen LogP contribution in [0.25, 0.3) is 0 Å². The van der Waals surface area contributed by atoms with Crippen LogP contribution in [0.5, 0.6) is 0 Å². The van der Waals surface area contributed by atoms with Gasteiger partial charge in [-0.1, -0.05) is 23.7 Å². The van der Waals surface area contributed by atoms with Gasteiger partial charge in [0.25, 0.3) is 0 Å². The van der Waals surface area contributed by atoms with E-state index >= 15 is 0 Å². The van der Waals surface area contributed by atoms with Crippen molar-refractivity contribution in [3.05, 3.63) is 34.9 Å². The molecule has 22 heavy (non-hydrogen) atoms. The third-order valence-corrected chi connectivity index (χ3v) is 4.05. The van der Waals surface area contributed by atoms with Gasteiger partial charge in [0.15, 0.2) is 0 Å². The maximum Gasteiger partial charge on any atom is 0.233 e. The van der Waals surface area contributed by atoms with E-state index in [1.54, 1.807) is 0 Å². The second kappa shape index (κ2) is 11.1. The molecule has 7 heteroatoms. The molecule has 0 unspecified atom stereocenters. The number of rotatable bonds is 5. The van der Waals surface area contributed by atoms with Crippen LogP contribution >= 0.6 is 36.4 Å². The summed E-state index contributed by atoms with van der Waals surface area (Å²) in [6.07, 6.45) is 2.25. The highest BCUT2D eigenvalue weighted by Gasteiger charge is 2.19. The maximum atomic E-state index is 11.1. The first-order valence-corrected chi connectivity index (χ1v) is 7.48. The lowest BCUT2D eigenvalue weighted by Gasteiger charge is -2.32. The number of hydrogen-bond donors (Lipinski definition) is 2. The van der Waals surface area contributed by atoms with Crippen LogP contribution in [-0.2, 0) is 11.3 Å². The van der Waals surface area contributed by atoms with E-state index in [2.05, 4.69) is 22.3 Å². The van der Waals surface area contributed by atoms with Crippen LogP contribution in [0.15, 0.2) is 24.3 Å². The molecule has 0 spiro atoms. The minimum atomic E-state index is -0.0615. The lowest BCUT2D eigenvalue weighted by molar-refractivity contribution is -0.120. The Morgan fingerprint density at radius 3 is 2.36 bits per heavy atom. The number of amides is 1. The molecule has 1 aliphatic heterocycles. The first-order chi connectivity index (χ1) is 9.67. The smallest absolute Gasteiger partial charge is 0.233 e. The molecule has 2 rings (SSSR count). The van der Waals surface area contributed by atoms with Crippen molar-refractivity contribution in [2.45, 2.75) is 19.4 Å². The Kier molecular flexibility index (Phi) is 10.8. The topological polar surface area (TPSA) is 58.4 Å². The molecule has 1 aliphatic rings. The molecule has 1 aromatic rings. The lowest BCUT2D eigenvalue weighted by Crippen LogP contribution is -2.39.